The predicted molar refractivity (Wildman–Crippen MR) is 84.8 cm³/mol. The Morgan fingerprint density at radius 1 is 0.889 bits per heavy atom. The lowest BCUT2D eigenvalue weighted by atomic mass is 10.4. The van der Waals surface area contributed by atoms with Crippen LogP contribution in [0.5, 0.6) is 0 Å². The van der Waals surface area contributed by atoms with E-state index in [2.05, 4.69) is 67.6 Å². The summed E-state index contributed by atoms with van der Waals surface area (Å²) in [5, 5.41) is 2.82. The van der Waals surface area contributed by atoms with Gasteiger partial charge >= 0.3 is 0 Å². The van der Waals surface area contributed by atoms with Crippen LogP contribution in [0.15, 0.2) is 60.7 Å². The summed E-state index contributed by atoms with van der Waals surface area (Å²) in [7, 11) is -0.315. The summed E-state index contributed by atoms with van der Waals surface area (Å²) >= 11 is 0. The van der Waals surface area contributed by atoms with Crippen LogP contribution in [0.2, 0.25) is 0 Å². The third-order valence-electron chi connectivity index (χ3n) is 2.61. The van der Waals surface area contributed by atoms with E-state index in [1.807, 2.05) is 0 Å². The first kappa shape index (κ1) is 15.2. The molecule has 0 amide bonds. The van der Waals surface area contributed by atoms with Crippen LogP contribution in [0.4, 0.5) is 0 Å². The maximum absolute atomic E-state index is 5.98. The van der Waals surface area contributed by atoms with Crippen LogP contribution in [-0.4, -0.2) is 12.2 Å². The fraction of sp³-hybridized carbons (Fsp3) is 0.200. The molecule has 0 heterocycles. The molecule has 2 aromatic carbocycles. The van der Waals surface area contributed by atoms with Crippen LogP contribution in [-0.2, 0) is 0 Å². The molecule has 3 heteroatoms. The highest BCUT2D eigenvalue weighted by atomic mass is 35.5. The average Bonchev–Trinajstić information content (AvgIpc) is 2.38. The Kier molecular flexibility index (Phi) is 6.35. The number of rotatable bonds is 4. The topological polar surface area (TPSA) is 26.0 Å². The Morgan fingerprint density at radius 2 is 1.28 bits per heavy atom. The molecule has 0 aliphatic heterocycles. The molecule has 0 aliphatic carbocycles. The van der Waals surface area contributed by atoms with Crippen molar-refractivity contribution in [1.29, 1.82) is 0 Å². The second-order valence-electron chi connectivity index (χ2n) is 4.26. The van der Waals surface area contributed by atoms with Gasteiger partial charge in [-0.15, -0.1) is 12.4 Å². The zero-order valence-electron chi connectivity index (χ0n) is 10.5. The minimum atomic E-state index is -0.315. The number of hydrogen-bond acceptors (Lipinski definition) is 1. The smallest absolute Gasteiger partial charge is 0.00557 e. The van der Waals surface area contributed by atoms with Crippen molar-refractivity contribution in [3.63, 3.8) is 0 Å². The lowest BCUT2D eigenvalue weighted by Crippen LogP contribution is -2.25. The van der Waals surface area contributed by atoms with Crippen LogP contribution in [0, 0.1) is 0 Å². The van der Waals surface area contributed by atoms with Crippen molar-refractivity contribution in [3.05, 3.63) is 60.7 Å². The Balaban J connectivity index is 0.00000162. The Morgan fingerprint density at radius 3 is 1.61 bits per heavy atom. The molecule has 0 fully saturated rings. The normalized spacial score (nSPS) is 11.9. The first-order valence-corrected chi connectivity index (χ1v) is 7.43. The minimum absolute atomic E-state index is 0. The van der Waals surface area contributed by atoms with Crippen molar-refractivity contribution in [1.82, 2.24) is 0 Å². The lowest BCUT2D eigenvalue weighted by molar-refractivity contribution is 0.844. The summed E-state index contributed by atoms with van der Waals surface area (Å²) in [6, 6.07) is 21.6. The second kappa shape index (κ2) is 7.53. The van der Waals surface area contributed by atoms with Crippen LogP contribution in [0.25, 0.3) is 0 Å². The fourth-order valence-electron chi connectivity index (χ4n) is 1.86. The monoisotopic (exact) mass is 279 g/mol. The molecule has 1 atom stereocenters. The van der Waals surface area contributed by atoms with Crippen LogP contribution < -0.4 is 16.3 Å². The average molecular weight is 280 g/mol. The van der Waals surface area contributed by atoms with Crippen molar-refractivity contribution in [3.8, 4) is 0 Å². The molecule has 0 spiro atoms. The molecule has 0 saturated heterocycles. The number of nitrogens with two attached hydrogens (primary N) is 1. The van der Waals surface area contributed by atoms with E-state index in [4.69, 9.17) is 5.73 Å². The van der Waals surface area contributed by atoms with E-state index in [1.165, 1.54) is 10.6 Å². The maximum Gasteiger partial charge on any atom is 0.00557 e. The van der Waals surface area contributed by atoms with Crippen molar-refractivity contribution in [2.45, 2.75) is 13.0 Å². The zero-order valence-corrected chi connectivity index (χ0v) is 12.2. The molecule has 2 N–H and O–H groups in total. The number of hydrogen-bond donors (Lipinski definition) is 1. The van der Waals surface area contributed by atoms with Crippen LogP contribution >= 0.6 is 20.3 Å². The number of benzene rings is 2. The lowest BCUT2D eigenvalue weighted by Gasteiger charge is -2.20. The van der Waals surface area contributed by atoms with Gasteiger partial charge in [-0.3, -0.25) is 0 Å². The Labute approximate surface area is 117 Å². The van der Waals surface area contributed by atoms with Gasteiger partial charge in [-0.05, 0) is 31.6 Å². The van der Waals surface area contributed by atoms with E-state index < -0.39 is 0 Å². The van der Waals surface area contributed by atoms with Gasteiger partial charge in [0.2, 0.25) is 0 Å². The van der Waals surface area contributed by atoms with E-state index in [9.17, 15) is 0 Å². The van der Waals surface area contributed by atoms with Crippen molar-refractivity contribution in [2.75, 3.05) is 6.16 Å². The van der Waals surface area contributed by atoms with Gasteiger partial charge in [-0.2, -0.15) is 0 Å². The molecule has 0 radical (unpaired) electrons. The molecule has 1 unspecified atom stereocenters. The van der Waals surface area contributed by atoms with Gasteiger partial charge in [0.05, 0.1) is 0 Å². The molecule has 2 rings (SSSR count). The molecule has 0 aromatic heterocycles. The summed E-state index contributed by atoms with van der Waals surface area (Å²) in [5.74, 6) is 0. The maximum atomic E-state index is 5.98. The van der Waals surface area contributed by atoms with Gasteiger partial charge in [0.15, 0.2) is 0 Å². The molecular formula is C15H19ClNP. The molecule has 0 saturated carbocycles. The van der Waals surface area contributed by atoms with E-state index >= 15 is 0 Å². The fourth-order valence-corrected chi connectivity index (χ4v) is 4.22. The van der Waals surface area contributed by atoms with Gasteiger partial charge < -0.3 is 5.73 Å². The van der Waals surface area contributed by atoms with E-state index in [0.29, 0.717) is 0 Å². The Hall–Kier alpha value is -0.880. The minimum Gasteiger partial charge on any atom is -0.328 e. The zero-order chi connectivity index (χ0) is 12.1. The van der Waals surface area contributed by atoms with E-state index in [-0.39, 0.29) is 26.4 Å². The SMILES string of the molecule is CC(N)CP(c1ccccc1)c1ccccc1.Cl. The summed E-state index contributed by atoms with van der Waals surface area (Å²) in [5.41, 5.74) is 5.98. The number of halogens is 1. The molecular weight excluding hydrogens is 261 g/mol. The molecule has 2 aromatic rings. The molecule has 0 bridgehead atoms. The largest absolute Gasteiger partial charge is 0.328 e. The van der Waals surface area contributed by atoms with Gasteiger partial charge in [0.25, 0.3) is 0 Å². The van der Waals surface area contributed by atoms with Gasteiger partial charge in [0.1, 0.15) is 0 Å². The van der Waals surface area contributed by atoms with E-state index in [0.717, 1.165) is 6.16 Å². The van der Waals surface area contributed by atoms with E-state index in [1.54, 1.807) is 0 Å². The second-order valence-corrected chi connectivity index (χ2v) is 6.51. The first-order chi connectivity index (χ1) is 8.27. The third-order valence-corrected chi connectivity index (χ3v) is 5.39. The van der Waals surface area contributed by atoms with Crippen molar-refractivity contribution < 1.29 is 0 Å². The molecule has 0 aliphatic rings. The summed E-state index contributed by atoms with van der Waals surface area (Å²) in [6.07, 6.45) is 1.04. The van der Waals surface area contributed by atoms with Gasteiger partial charge in [-0.25, -0.2) is 0 Å². The quantitative estimate of drug-likeness (QED) is 0.856. The van der Waals surface area contributed by atoms with Crippen molar-refractivity contribution in [2.24, 2.45) is 5.73 Å². The standard InChI is InChI=1S/C15H18NP.ClH/c1-13(16)12-17(14-8-4-2-5-9-14)15-10-6-3-7-11-15;/h2-11,13H,12,16H2,1H3;1H. The first-order valence-electron chi connectivity index (χ1n) is 5.90. The summed E-state index contributed by atoms with van der Waals surface area (Å²) < 4.78 is 0. The third kappa shape index (κ3) is 4.10. The predicted octanol–water partition coefficient (Wildman–Crippen LogP) is 2.89. The Bertz CT molecular complexity index is 405. The summed E-state index contributed by atoms with van der Waals surface area (Å²) in [4.78, 5) is 0. The van der Waals surface area contributed by atoms with Crippen LogP contribution in [0.3, 0.4) is 0 Å². The van der Waals surface area contributed by atoms with Crippen molar-refractivity contribution >= 4 is 30.9 Å². The van der Waals surface area contributed by atoms with Gasteiger partial charge in [0, 0.05) is 6.04 Å². The molecule has 18 heavy (non-hydrogen) atoms. The molecule has 96 valence electrons. The highest BCUT2D eigenvalue weighted by Gasteiger charge is 2.14. The highest BCUT2D eigenvalue weighted by Crippen LogP contribution is 2.33. The summed E-state index contributed by atoms with van der Waals surface area (Å²) in [6.45, 7) is 2.08. The molecule has 1 nitrogen and oxygen atoms in total. The highest BCUT2D eigenvalue weighted by molar-refractivity contribution is 7.73. The van der Waals surface area contributed by atoms with Crippen LogP contribution in [0.1, 0.15) is 6.92 Å². The van der Waals surface area contributed by atoms with Gasteiger partial charge in [-0.1, -0.05) is 60.7 Å².